The molecule has 226 valence electrons. The number of carbonyl (C=O) groups is 3. The first-order valence-corrected chi connectivity index (χ1v) is 9.94. The Morgan fingerprint density at radius 1 is 0.659 bits per heavy atom. The number of non-ortho nitro benzene ring substituents is 1. The van der Waals surface area contributed by atoms with Gasteiger partial charge in [-0.1, -0.05) is 0 Å². The number of rotatable bonds is 4. The molecule has 0 aliphatic carbocycles. The largest absolute Gasteiger partial charge is 0.471 e. The van der Waals surface area contributed by atoms with Gasteiger partial charge < -0.3 is 16.0 Å². The van der Waals surface area contributed by atoms with E-state index in [0.29, 0.717) is 24.3 Å². The van der Waals surface area contributed by atoms with Crippen LogP contribution in [0.1, 0.15) is 18.1 Å². The summed E-state index contributed by atoms with van der Waals surface area (Å²) in [6, 6.07) is 2.94. The summed E-state index contributed by atoms with van der Waals surface area (Å²) in [5, 5.41) is 14.6. The number of halogens is 12. The normalized spacial score (nSPS) is 12.0. The highest BCUT2D eigenvalue weighted by molar-refractivity contribution is 5.97. The molecule has 2 aromatic carbocycles. The summed E-state index contributed by atoms with van der Waals surface area (Å²) in [7, 11) is 0. The van der Waals surface area contributed by atoms with Gasteiger partial charge in [-0.3, -0.25) is 24.5 Å². The number of alkyl halides is 12. The van der Waals surface area contributed by atoms with Gasteiger partial charge in [-0.05, 0) is 24.3 Å². The molecular weight excluding hydrogens is 604 g/mol. The van der Waals surface area contributed by atoms with Crippen LogP contribution >= 0.6 is 0 Å². The van der Waals surface area contributed by atoms with Crippen LogP contribution in [0, 0.1) is 10.1 Å². The topological polar surface area (TPSA) is 130 Å². The molecule has 0 atom stereocenters. The number of nitro groups is 1. The van der Waals surface area contributed by atoms with Gasteiger partial charge in [-0.2, -0.15) is 52.7 Å². The lowest BCUT2D eigenvalue weighted by molar-refractivity contribution is -0.385. The van der Waals surface area contributed by atoms with Crippen LogP contribution in [0.25, 0.3) is 0 Å². The molecule has 0 saturated carbocycles. The van der Waals surface area contributed by atoms with E-state index in [-0.39, 0.29) is 11.8 Å². The molecule has 2 rings (SSSR count). The minimum atomic E-state index is -5.38. The van der Waals surface area contributed by atoms with E-state index in [1.54, 1.807) is 0 Å². The molecule has 0 fully saturated rings. The van der Waals surface area contributed by atoms with Gasteiger partial charge >= 0.3 is 36.5 Å². The fourth-order valence-electron chi connectivity index (χ4n) is 2.54. The molecule has 3 amide bonds. The van der Waals surface area contributed by atoms with Crippen LogP contribution in [0.2, 0.25) is 0 Å². The first-order chi connectivity index (χ1) is 18.3. The van der Waals surface area contributed by atoms with Gasteiger partial charge in [-0.15, -0.1) is 0 Å². The van der Waals surface area contributed by atoms with E-state index >= 15 is 0 Å². The molecule has 0 saturated heterocycles. The maximum absolute atomic E-state index is 12.8. The summed E-state index contributed by atoms with van der Waals surface area (Å²) in [5.41, 5.74) is -6.76. The average Bonchev–Trinajstić information content (AvgIpc) is 2.77. The minimum absolute atomic E-state index is 0.0337. The molecule has 0 bridgehead atoms. The quantitative estimate of drug-likeness (QED) is 0.212. The zero-order valence-electron chi connectivity index (χ0n) is 19.5. The molecule has 21 heteroatoms. The van der Waals surface area contributed by atoms with Crippen molar-refractivity contribution in [1.82, 2.24) is 0 Å². The third kappa shape index (κ3) is 10.5. The number of nitrogens with zero attached hydrogens (tertiary/aromatic N) is 1. The highest BCUT2D eigenvalue weighted by Gasteiger charge is 2.42. The van der Waals surface area contributed by atoms with E-state index in [9.17, 15) is 77.2 Å². The van der Waals surface area contributed by atoms with Crippen molar-refractivity contribution < 1.29 is 72.0 Å². The molecule has 0 aromatic heterocycles. The average molecular weight is 616 g/mol. The molecule has 0 radical (unpaired) electrons. The Kier molecular flexibility index (Phi) is 10.3. The Morgan fingerprint density at radius 3 is 1.39 bits per heavy atom. The molecule has 0 unspecified atom stereocenters. The lowest BCUT2D eigenvalue weighted by Gasteiger charge is -2.16. The minimum Gasteiger partial charge on any atom is -0.326 e. The number of nitrogens with one attached hydrogen (secondary N) is 3. The summed E-state index contributed by atoms with van der Waals surface area (Å²) in [5.74, 6) is -5.80. The molecule has 0 aliphatic heterocycles. The van der Waals surface area contributed by atoms with E-state index in [1.165, 1.54) is 0 Å². The Morgan fingerprint density at radius 2 is 1.05 bits per heavy atom. The van der Waals surface area contributed by atoms with Crippen molar-refractivity contribution in [3.05, 3.63) is 57.6 Å². The molecule has 3 N–H and O–H groups in total. The third-order valence-corrected chi connectivity index (χ3v) is 4.18. The zero-order chi connectivity index (χ0) is 32.1. The lowest BCUT2D eigenvalue weighted by atomic mass is 10.1. The highest BCUT2D eigenvalue weighted by atomic mass is 19.4. The second-order valence-electron chi connectivity index (χ2n) is 7.33. The predicted molar refractivity (Wildman–Crippen MR) is 113 cm³/mol. The number of anilines is 3. The first kappa shape index (κ1) is 34.4. The van der Waals surface area contributed by atoms with Gasteiger partial charge in [0.2, 0.25) is 5.91 Å². The van der Waals surface area contributed by atoms with Crippen molar-refractivity contribution in [2.75, 3.05) is 16.0 Å². The molecule has 9 nitrogen and oxygen atoms in total. The van der Waals surface area contributed by atoms with Crippen LogP contribution in [0.4, 0.5) is 75.4 Å². The molecule has 41 heavy (non-hydrogen) atoms. The fourth-order valence-corrected chi connectivity index (χ4v) is 2.54. The number of nitro benzene ring substituents is 1. The van der Waals surface area contributed by atoms with Crippen LogP contribution in [0.15, 0.2) is 36.4 Å². The second kappa shape index (κ2) is 12.3. The van der Waals surface area contributed by atoms with Crippen LogP contribution in [-0.2, 0) is 26.7 Å². The van der Waals surface area contributed by atoms with E-state index in [4.69, 9.17) is 0 Å². The second-order valence-corrected chi connectivity index (χ2v) is 7.33. The van der Waals surface area contributed by atoms with Gasteiger partial charge in [0.1, 0.15) is 0 Å². The number of amides is 3. The Hall–Kier alpha value is -4.59. The van der Waals surface area contributed by atoms with Gasteiger partial charge in [0.05, 0.1) is 27.4 Å². The summed E-state index contributed by atoms with van der Waals surface area (Å²) >= 11 is 0. The van der Waals surface area contributed by atoms with E-state index < -0.39 is 75.5 Å². The number of hydrogen-bond acceptors (Lipinski definition) is 5. The summed E-state index contributed by atoms with van der Waals surface area (Å²) in [6.45, 7) is 1.05. The zero-order valence-corrected chi connectivity index (χ0v) is 19.5. The SMILES string of the molecule is CC(=O)Nc1ccc(NC(=O)C(F)(F)F)c(C(F)(F)F)c1.O=C(Nc1ccc([N+](=O)[O-])cc1C(F)(F)F)C(F)(F)F. The molecule has 0 heterocycles. The standard InChI is InChI=1S/C11H8F6N2O2.C9H4F6N2O3/c1-5(20)18-6-2-3-8(7(4-6)10(12,13)14)19-9(21)11(15,16)17;10-8(11,12)5-3-4(17(19)20)1-2-6(5)16-7(18)9(13,14)15/h2-4H,1H3,(H,18,20)(H,19,21);1-3H,(H,16,18). The van der Waals surface area contributed by atoms with Crippen LogP contribution in [0.5, 0.6) is 0 Å². The summed E-state index contributed by atoms with van der Waals surface area (Å²) in [6.07, 6.45) is -20.9. The van der Waals surface area contributed by atoms with Crippen molar-refractivity contribution in [3.8, 4) is 0 Å². The lowest BCUT2D eigenvalue weighted by Crippen LogP contribution is -2.31. The van der Waals surface area contributed by atoms with Crippen LogP contribution in [-0.4, -0.2) is 35.0 Å². The molecule has 2 aromatic rings. The summed E-state index contributed by atoms with van der Waals surface area (Å²) in [4.78, 5) is 41.3. The van der Waals surface area contributed by atoms with Crippen molar-refractivity contribution in [1.29, 1.82) is 0 Å². The van der Waals surface area contributed by atoms with Gasteiger partial charge in [0, 0.05) is 24.7 Å². The van der Waals surface area contributed by atoms with Crippen LogP contribution in [0.3, 0.4) is 0 Å². The smallest absolute Gasteiger partial charge is 0.326 e. The number of hydrogen-bond donors (Lipinski definition) is 3. The number of benzene rings is 2. The van der Waals surface area contributed by atoms with Crippen molar-refractivity contribution in [2.45, 2.75) is 31.6 Å². The third-order valence-electron chi connectivity index (χ3n) is 4.18. The van der Waals surface area contributed by atoms with Gasteiger partial charge in [-0.25, -0.2) is 0 Å². The van der Waals surface area contributed by atoms with E-state index in [1.807, 2.05) is 0 Å². The first-order valence-electron chi connectivity index (χ1n) is 9.94. The van der Waals surface area contributed by atoms with Gasteiger partial charge in [0.15, 0.2) is 0 Å². The number of carbonyl (C=O) groups excluding carboxylic acids is 3. The van der Waals surface area contributed by atoms with Crippen LogP contribution < -0.4 is 16.0 Å². The maximum atomic E-state index is 12.8. The Balaban J connectivity index is 0.000000410. The highest BCUT2D eigenvalue weighted by Crippen LogP contribution is 2.38. The predicted octanol–water partition coefficient (Wildman–Crippen LogP) is 6.28. The van der Waals surface area contributed by atoms with Gasteiger partial charge in [0.25, 0.3) is 5.69 Å². The summed E-state index contributed by atoms with van der Waals surface area (Å²) < 4.78 is 148. The van der Waals surface area contributed by atoms with E-state index in [2.05, 4.69) is 5.32 Å². The maximum Gasteiger partial charge on any atom is 0.471 e. The Bertz CT molecular complexity index is 1320. The molecular formula is C20H12F12N4O5. The fraction of sp³-hybridized carbons (Fsp3) is 0.250. The Labute approximate surface area is 218 Å². The molecule has 0 spiro atoms. The monoisotopic (exact) mass is 616 g/mol. The van der Waals surface area contributed by atoms with Crippen molar-refractivity contribution in [2.24, 2.45) is 0 Å². The van der Waals surface area contributed by atoms with E-state index in [0.717, 1.165) is 23.6 Å². The van der Waals surface area contributed by atoms with Crippen molar-refractivity contribution >= 4 is 40.5 Å². The van der Waals surface area contributed by atoms with Crippen molar-refractivity contribution in [3.63, 3.8) is 0 Å². The molecule has 0 aliphatic rings.